The Morgan fingerprint density at radius 2 is 2.11 bits per heavy atom. The minimum absolute atomic E-state index is 0.314. The number of hydrogen-bond donors (Lipinski definition) is 1. The van der Waals surface area contributed by atoms with Crippen LogP contribution in [0.25, 0.3) is 10.9 Å². The first-order valence-electron chi connectivity index (χ1n) is 7.05. The van der Waals surface area contributed by atoms with E-state index in [2.05, 4.69) is 38.8 Å². The molecule has 1 aromatic carbocycles. The maximum atomic E-state index is 9.17. The van der Waals surface area contributed by atoms with Crippen LogP contribution in [-0.2, 0) is 0 Å². The Balaban J connectivity index is 1.81. The van der Waals surface area contributed by atoms with Crippen molar-refractivity contribution in [3.8, 4) is 0 Å². The van der Waals surface area contributed by atoms with Gasteiger partial charge in [-0.15, -0.1) is 0 Å². The molecule has 0 unspecified atom stereocenters. The van der Waals surface area contributed by atoms with E-state index in [1.807, 2.05) is 0 Å². The zero-order valence-electron chi connectivity index (χ0n) is 10.7. The Bertz CT molecular complexity index is 626. The highest BCUT2D eigenvalue weighted by atomic mass is 79.9. The molecule has 0 saturated heterocycles. The monoisotopic (exact) mass is 320 g/mol. The zero-order chi connectivity index (χ0) is 13.0. The number of fused-ring (bicyclic) bond motifs is 1. The lowest BCUT2D eigenvalue weighted by Crippen LogP contribution is -2.29. The molecule has 1 N–H and O–H groups in total. The van der Waals surface area contributed by atoms with Gasteiger partial charge in [-0.3, -0.25) is 4.68 Å². The molecule has 0 radical (unpaired) electrons. The molecule has 0 spiro atoms. The number of aliphatic hydroxyl groups is 1. The molecule has 3 nitrogen and oxygen atoms in total. The van der Waals surface area contributed by atoms with Crippen molar-refractivity contribution >= 4 is 26.8 Å². The highest BCUT2D eigenvalue weighted by Crippen LogP contribution is 2.46. The van der Waals surface area contributed by atoms with E-state index in [1.165, 1.54) is 29.4 Å². The lowest BCUT2D eigenvalue weighted by atomic mass is 9.81. The van der Waals surface area contributed by atoms with Crippen LogP contribution in [0, 0.1) is 5.92 Å². The van der Waals surface area contributed by atoms with Crippen molar-refractivity contribution in [2.24, 2.45) is 5.92 Å². The van der Waals surface area contributed by atoms with Crippen LogP contribution in [0.4, 0.5) is 0 Å². The van der Waals surface area contributed by atoms with Gasteiger partial charge in [-0.25, -0.2) is 0 Å². The first-order chi connectivity index (χ1) is 9.28. The van der Waals surface area contributed by atoms with E-state index < -0.39 is 0 Å². The Hall–Kier alpha value is -0.870. The van der Waals surface area contributed by atoms with Crippen LogP contribution in [0.5, 0.6) is 0 Å². The van der Waals surface area contributed by atoms with Crippen LogP contribution in [0.15, 0.2) is 22.7 Å². The van der Waals surface area contributed by atoms with E-state index in [4.69, 9.17) is 5.10 Å². The summed E-state index contributed by atoms with van der Waals surface area (Å²) in [4.78, 5) is 0. The van der Waals surface area contributed by atoms with Gasteiger partial charge >= 0.3 is 0 Å². The molecule has 1 heterocycles. The van der Waals surface area contributed by atoms with Crippen LogP contribution in [-0.4, -0.2) is 21.5 Å². The van der Waals surface area contributed by atoms with E-state index in [0.717, 1.165) is 17.3 Å². The molecule has 19 heavy (non-hydrogen) atoms. The van der Waals surface area contributed by atoms with E-state index in [-0.39, 0.29) is 0 Å². The predicted molar refractivity (Wildman–Crippen MR) is 78.3 cm³/mol. The van der Waals surface area contributed by atoms with Gasteiger partial charge in [0.15, 0.2) is 0 Å². The number of halogens is 1. The van der Waals surface area contributed by atoms with E-state index in [9.17, 15) is 5.11 Å². The second-order valence-corrected chi connectivity index (χ2v) is 6.77. The number of rotatable bonds is 3. The summed E-state index contributed by atoms with van der Waals surface area (Å²) in [5.74, 6) is 1.14. The topological polar surface area (TPSA) is 38.0 Å². The lowest BCUT2D eigenvalue weighted by molar-refractivity contribution is 0.108. The largest absolute Gasteiger partial charge is 0.396 e. The maximum Gasteiger partial charge on any atom is 0.0745 e. The minimum atomic E-state index is 0.314. The third-order valence-corrected chi connectivity index (χ3v) is 5.15. The van der Waals surface area contributed by atoms with Crippen LogP contribution in [0.2, 0.25) is 0 Å². The minimum Gasteiger partial charge on any atom is -0.396 e. The zero-order valence-corrected chi connectivity index (χ0v) is 12.3. The van der Waals surface area contributed by atoms with Gasteiger partial charge in [0.2, 0.25) is 0 Å². The third kappa shape index (κ3) is 1.84. The molecular formula is C15H17BrN2O. The van der Waals surface area contributed by atoms with Crippen molar-refractivity contribution in [1.29, 1.82) is 0 Å². The molecule has 2 aromatic rings. The third-order valence-electron chi connectivity index (χ3n) is 4.49. The smallest absolute Gasteiger partial charge is 0.0745 e. The molecule has 0 atom stereocenters. The Morgan fingerprint density at radius 1 is 1.32 bits per heavy atom. The maximum absolute atomic E-state index is 9.17. The van der Waals surface area contributed by atoms with Gasteiger partial charge in [-0.1, -0.05) is 22.0 Å². The second kappa shape index (κ2) is 4.32. The molecular weight excluding hydrogens is 304 g/mol. The van der Waals surface area contributed by atoms with Gasteiger partial charge in [0.25, 0.3) is 0 Å². The van der Waals surface area contributed by atoms with Crippen LogP contribution in [0.1, 0.15) is 43.3 Å². The van der Waals surface area contributed by atoms with Crippen molar-refractivity contribution < 1.29 is 5.11 Å². The van der Waals surface area contributed by atoms with Crippen molar-refractivity contribution in [2.45, 2.75) is 37.6 Å². The highest BCUT2D eigenvalue weighted by Gasteiger charge is 2.35. The molecule has 2 saturated carbocycles. The summed E-state index contributed by atoms with van der Waals surface area (Å²) in [5, 5.41) is 15.4. The van der Waals surface area contributed by atoms with Gasteiger partial charge in [-0.05, 0) is 43.7 Å². The summed E-state index contributed by atoms with van der Waals surface area (Å²) in [6, 6.07) is 6.84. The van der Waals surface area contributed by atoms with Crippen LogP contribution >= 0.6 is 15.9 Å². The van der Waals surface area contributed by atoms with E-state index in [0.29, 0.717) is 24.5 Å². The highest BCUT2D eigenvalue weighted by molar-refractivity contribution is 9.10. The first-order valence-corrected chi connectivity index (χ1v) is 7.84. The number of benzene rings is 1. The van der Waals surface area contributed by atoms with Gasteiger partial charge in [0.05, 0.1) is 17.3 Å². The van der Waals surface area contributed by atoms with Crippen LogP contribution < -0.4 is 0 Å². The fraction of sp³-hybridized carbons (Fsp3) is 0.533. The molecule has 0 aliphatic heterocycles. The molecule has 2 aliphatic carbocycles. The first kappa shape index (κ1) is 11.9. The molecule has 4 heteroatoms. The molecule has 0 bridgehead atoms. The molecule has 4 rings (SSSR count). The number of nitrogens with zero attached hydrogens (tertiary/aromatic N) is 2. The molecule has 1 aromatic heterocycles. The molecule has 2 fully saturated rings. The standard InChI is InChI=1S/C15H17BrN2O/c16-12-2-1-3-13-14(12)15(10-4-5-10)17-18(13)11-6-9(7-11)8-19/h1-3,9-11,19H,4-8H2. The summed E-state index contributed by atoms with van der Waals surface area (Å²) in [6.07, 6.45) is 4.67. The predicted octanol–water partition coefficient (Wildman–Crippen LogP) is 3.62. The van der Waals surface area contributed by atoms with Gasteiger partial charge in [0, 0.05) is 22.4 Å². The number of aromatic nitrogens is 2. The Morgan fingerprint density at radius 3 is 2.79 bits per heavy atom. The normalized spacial score (nSPS) is 26.6. The second-order valence-electron chi connectivity index (χ2n) is 5.91. The molecule has 100 valence electrons. The molecule has 0 amide bonds. The van der Waals surface area contributed by atoms with Crippen molar-refractivity contribution in [2.75, 3.05) is 6.61 Å². The number of hydrogen-bond acceptors (Lipinski definition) is 2. The Kier molecular flexibility index (Phi) is 2.71. The summed E-state index contributed by atoms with van der Waals surface area (Å²) in [7, 11) is 0. The van der Waals surface area contributed by atoms with Crippen molar-refractivity contribution in [1.82, 2.24) is 9.78 Å². The van der Waals surface area contributed by atoms with Gasteiger partial charge in [0.1, 0.15) is 0 Å². The SMILES string of the molecule is OCC1CC(n2nc(C3CC3)c3c(Br)cccc32)C1. The average molecular weight is 321 g/mol. The van der Waals surface area contributed by atoms with Crippen molar-refractivity contribution in [3.05, 3.63) is 28.4 Å². The summed E-state index contributed by atoms with van der Waals surface area (Å²) in [6.45, 7) is 0.314. The van der Waals surface area contributed by atoms with Crippen molar-refractivity contribution in [3.63, 3.8) is 0 Å². The van der Waals surface area contributed by atoms with Crippen LogP contribution in [0.3, 0.4) is 0 Å². The fourth-order valence-corrected chi connectivity index (χ4v) is 3.71. The number of aliphatic hydroxyl groups excluding tert-OH is 1. The van der Waals surface area contributed by atoms with Gasteiger partial charge in [-0.2, -0.15) is 5.10 Å². The summed E-state index contributed by atoms with van der Waals surface area (Å²) >= 11 is 3.68. The summed E-state index contributed by atoms with van der Waals surface area (Å²) < 4.78 is 3.37. The quantitative estimate of drug-likeness (QED) is 0.938. The summed E-state index contributed by atoms with van der Waals surface area (Å²) in [5.41, 5.74) is 2.52. The Labute approximate surface area is 120 Å². The lowest BCUT2D eigenvalue weighted by Gasteiger charge is -2.34. The average Bonchev–Trinajstić information content (AvgIpc) is 3.12. The fourth-order valence-electron chi connectivity index (χ4n) is 3.15. The van der Waals surface area contributed by atoms with E-state index >= 15 is 0 Å². The van der Waals surface area contributed by atoms with Gasteiger partial charge < -0.3 is 5.11 Å². The molecule has 2 aliphatic rings. The van der Waals surface area contributed by atoms with E-state index in [1.54, 1.807) is 0 Å².